The molecule has 0 aliphatic rings. The molecule has 168 valence electrons. The van der Waals surface area contributed by atoms with Crippen LogP contribution in [-0.2, 0) is 14.8 Å². The van der Waals surface area contributed by atoms with E-state index in [1.165, 1.54) is 24.3 Å². The number of amides is 1. The van der Waals surface area contributed by atoms with Crippen LogP contribution in [0.4, 0.5) is 11.4 Å². The number of aryl methyl sites for hydroxylation is 2. The second kappa shape index (κ2) is 10.1. The lowest BCUT2D eigenvalue weighted by Crippen LogP contribution is -2.38. The molecule has 0 radical (unpaired) electrons. The number of carbonyl (C=O) groups is 1. The summed E-state index contributed by atoms with van der Waals surface area (Å²) in [6.07, 6.45) is 0. The molecule has 0 spiro atoms. The lowest BCUT2D eigenvalue weighted by molar-refractivity contribution is -0.114. The fourth-order valence-electron chi connectivity index (χ4n) is 3.07. The molecule has 0 saturated heterocycles. The number of rotatable bonds is 8. The Bertz CT molecular complexity index is 1190. The first-order valence-electron chi connectivity index (χ1n) is 10.1. The molecule has 0 aliphatic heterocycles. The Kier molecular flexibility index (Phi) is 7.43. The van der Waals surface area contributed by atoms with Gasteiger partial charge in [-0.15, -0.1) is 0 Å². The van der Waals surface area contributed by atoms with Gasteiger partial charge < -0.3 is 10.1 Å². The van der Waals surface area contributed by atoms with Gasteiger partial charge >= 0.3 is 0 Å². The molecule has 3 aromatic rings. The highest BCUT2D eigenvalue weighted by molar-refractivity contribution is 7.92. The number of hydrogen-bond acceptors (Lipinski definition) is 4. The van der Waals surface area contributed by atoms with Crippen LogP contribution in [0.25, 0.3) is 0 Å². The normalized spacial score (nSPS) is 11.1. The van der Waals surface area contributed by atoms with Crippen molar-refractivity contribution < 1.29 is 17.9 Å². The fourth-order valence-corrected chi connectivity index (χ4v) is 4.62. The van der Waals surface area contributed by atoms with E-state index in [4.69, 9.17) is 16.3 Å². The van der Waals surface area contributed by atoms with Gasteiger partial charge in [-0.1, -0.05) is 17.7 Å². The zero-order valence-corrected chi connectivity index (χ0v) is 19.7. The van der Waals surface area contributed by atoms with Crippen LogP contribution in [0.1, 0.15) is 18.1 Å². The van der Waals surface area contributed by atoms with Gasteiger partial charge in [0.25, 0.3) is 10.0 Å². The number of halogens is 1. The van der Waals surface area contributed by atoms with E-state index >= 15 is 0 Å². The van der Waals surface area contributed by atoms with E-state index in [2.05, 4.69) is 5.32 Å². The largest absolute Gasteiger partial charge is 0.494 e. The van der Waals surface area contributed by atoms with Crippen molar-refractivity contribution in [1.29, 1.82) is 0 Å². The minimum atomic E-state index is -4.03. The van der Waals surface area contributed by atoms with Crippen molar-refractivity contribution in [2.45, 2.75) is 25.7 Å². The molecular formula is C24H25ClN2O4S. The van der Waals surface area contributed by atoms with Crippen LogP contribution in [0.2, 0.25) is 5.02 Å². The minimum absolute atomic E-state index is 0.0368. The zero-order valence-electron chi connectivity index (χ0n) is 18.1. The van der Waals surface area contributed by atoms with E-state index in [9.17, 15) is 13.2 Å². The van der Waals surface area contributed by atoms with Gasteiger partial charge in [-0.2, -0.15) is 0 Å². The molecule has 0 saturated carbocycles. The predicted octanol–water partition coefficient (Wildman–Crippen LogP) is 5.19. The Morgan fingerprint density at radius 3 is 2.22 bits per heavy atom. The Balaban J connectivity index is 1.93. The highest BCUT2D eigenvalue weighted by Gasteiger charge is 2.27. The summed E-state index contributed by atoms with van der Waals surface area (Å²) in [5.41, 5.74) is 3.08. The Labute approximate surface area is 193 Å². The molecule has 0 fully saturated rings. The first-order chi connectivity index (χ1) is 15.2. The number of benzene rings is 3. The van der Waals surface area contributed by atoms with Crippen molar-refractivity contribution >= 4 is 38.9 Å². The molecular weight excluding hydrogens is 448 g/mol. The van der Waals surface area contributed by atoms with Gasteiger partial charge in [0.15, 0.2) is 0 Å². The van der Waals surface area contributed by atoms with E-state index in [0.29, 0.717) is 28.8 Å². The number of nitrogens with zero attached hydrogens (tertiary/aromatic N) is 1. The van der Waals surface area contributed by atoms with Gasteiger partial charge in [0, 0.05) is 10.7 Å². The average Bonchev–Trinajstić information content (AvgIpc) is 2.76. The maximum absolute atomic E-state index is 13.4. The van der Waals surface area contributed by atoms with E-state index < -0.39 is 22.5 Å². The lowest BCUT2D eigenvalue weighted by atomic mass is 10.1. The van der Waals surface area contributed by atoms with E-state index in [1.807, 2.05) is 32.9 Å². The number of sulfonamides is 1. The summed E-state index contributed by atoms with van der Waals surface area (Å²) >= 11 is 5.92. The third-order valence-electron chi connectivity index (χ3n) is 4.92. The molecule has 3 rings (SSSR count). The molecule has 1 N–H and O–H groups in total. The summed E-state index contributed by atoms with van der Waals surface area (Å²) in [5.74, 6) is 0.152. The second-order valence-corrected chi connectivity index (χ2v) is 9.54. The van der Waals surface area contributed by atoms with Gasteiger partial charge in [0.1, 0.15) is 12.3 Å². The third-order valence-corrected chi connectivity index (χ3v) is 6.96. The molecule has 32 heavy (non-hydrogen) atoms. The molecule has 0 atom stereocenters. The summed E-state index contributed by atoms with van der Waals surface area (Å²) < 4.78 is 33.3. The fraction of sp³-hybridized carbons (Fsp3) is 0.208. The monoisotopic (exact) mass is 472 g/mol. The van der Waals surface area contributed by atoms with Crippen LogP contribution in [-0.4, -0.2) is 27.5 Å². The van der Waals surface area contributed by atoms with Gasteiger partial charge in [-0.25, -0.2) is 8.42 Å². The maximum Gasteiger partial charge on any atom is 0.264 e. The Morgan fingerprint density at radius 1 is 0.969 bits per heavy atom. The number of anilines is 2. The summed E-state index contributed by atoms with van der Waals surface area (Å²) in [7, 11) is -4.03. The topological polar surface area (TPSA) is 75.7 Å². The van der Waals surface area contributed by atoms with Crippen molar-refractivity contribution in [3.8, 4) is 5.75 Å². The van der Waals surface area contributed by atoms with Gasteiger partial charge in [0.2, 0.25) is 5.91 Å². The van der Waals surface area contributed by atoms with Crippen molar-refractivity contribution in [2.24, 2.45) is 0 Å². The first kappa shape index (κ1) is 23.6. The van der Waals surface area contributed by atoms with Crippen molar-refractivity contribution in [3.05, 3.63) is 82.9 Å². The number of carbonyl (C=O) groups excluding carboxylic acids is 1. The highest BCUT2D eigenvalue weighted by Crippen LogP contribution is 2.27. The van der Waals surface area contributed by atoms with Crippen molar-refractivity contribution in [1.82, 2.24) is 0 Å². The van der Waals surface area contributed by atoms with Crippen LogP contribution >= 0.6 is 11.6 Å². The van der Waals surface area contributed by atoms with E-state index in [-0.39, 0.29) is 4.90 Å². The molecule has 0 aromatic heterocycles. The Morgan fingerprint density at radius 2 is 1.62 bits per heavy atom. The first-order valence-corrected chi connectivity index (χ1v) is 11.9. The van der Waals surface area contributed by atoms with E-state index in [1.54, 1.807) is 30.3 Å². The SMILES string of the molecule is CCOc1ccc(N(CC(=O)Nc2ccc(C)c(C)c2)S(=O)(=O)c2ccc(Cl)cc2)cc1. The second-order valence-electron chi connectivity index (χ2n) is 7.24. The molecule has 3 aromatic carbocycles. The van der Waals surface area contributed by atoms with Crippen molar-refractivity contribution in [2.75, 3.05) is 22.8 Å². The van der Waals surface area contributed by atoms with Crippen LogP contribution in [0, 0.1) is 13.8 Å². The Hall–Kier alpha value is -3.03. The number of ether oxygens (including phenoxy) is 1. The predicted molar refractivity (Wildman–Crippen MR) is 128 cm³/mol. The van der Waals surface area contributed by atoms with Gasteiger partial charge in [-0.3, -0.25) is 9.10 Å². The summed E-state index contributed by atoms with van der Waals surface area (Å²) in [6, 6.07) is 17.9. The summed E-state index contributed by atoms with van der Waals surface area (Å²) in [4.78, 5) is 12.9. The van der Waals surface area contributed by atoms with E-state index in [0.717, 1.165) is 15.4 Å². The van der Waals surface area contributed by atoms with Gasteiger partial charge in [-0.05, 0) is 92.6 Å². The standard InChI is InChI=1S/C24H25ClN2O4S/c1-4-31-22-11-9-21(10-12-22)27(32(29,30)23-13-6-19(25)7-14-23)16-24(28)26-20-8-5-17(2)18(3)15-20/h5-15H,4,16H2,1-3H3,(H,26,28). The van der Waals surface area contributed by atoms with Crippen LogP contribution in [0.3, 0.4) is 0 Å². The summed E-state index contributed by atoms with van der Waals surface area (Å²) in [6.45, 7) is 5.88. The molecule has 8 heteroatoms. The zero-order chi connectivity index (χ0) is 23.3. The van der Waals surface area contributed by atoms with Gasteiger partial charge in [0.05, 0.1) is 17.2 Å². The minimum Gasteiger partial charge on any atom is -0.494 e. The molecule has 0 aliphatic carbocycles. The molecule has 1 amide bonds. The average molecular weight is 473 g/mol. The lowest BCUT2D eigenvalue weighted by Gasteiger charge is -2.24. The number of hydrogen-bond donors (Lipinski definition) is 1. The molecule has 6 nitrogen and oxygen atoms in total. The molecule has 0 bridgehead atoms. The van der Waals surface area contributed by atoms with Crippen LogP contribution in [0.5, 0.6) is 5.75 Å². The molecule has 0 heterocycles. The van der Waals surface area contributed by atoms with Crippen LogP contribution < -0.4 is 14.4 Å². The smallest absolute Gasteiger partial charge is 0.264 e. The highest BCUT2D eigenvalue weighted by atomic mass is 35.5. The quantitative estimate of drug-likeness (QED) is 0.489. The number of nitrogens with one attached hydrogen (secondary N) is 1. The molecule has 0 unspecified atom stereocenters. The maximum atomic E-state index is 13.4. The van der Waals surface area contributed by atoms with Crippen LogP contribution in [0.15, 0.2) is 71.6 Å². The third kappa shape index (κ3) is 5.60. The summed E-state index contributed by atoms with van der Waals surface area (Å²) in [5, 5.41) is 3.20. The van der Waals surface area contributed by atoms with Crippen molar-refractivity contribution in [3.63, 3.8) is 0 Å².